The average Bonchev–Trinajstić information content (AvgIpc) is 2.88. The van der Waals surface area contributed by atoms with Crippen molar-refractivity contribution in [2.45, 2.75) is 20.0 Å². The molecule has 0 aliphatic carbocycles. The number of oxazole rings is 1. The summed E-state index contributed by atoms with van der Waals surface area (Å²) >= 11 is 0. The molecule has 2 rings (SSSR count). The van der Waals surface area contributed by atoms with Gasteiger partial charge in [0, 0.05) is 0 Å². The molecular formula is C11H12N2O4. The van der Waals surface area contributed by atoms with Gasteiger partial charge in [0.25, 0.3) is 0 Å². The summed E-state index contributed by atoms with van der Waals surface area (Å²) in [5.74, 6) is 0.912. The van der Waals surface area contributed by atoms with E-state index in [2.05, 4.69) is 10.3 Å². The van der Waals surface area contributed by atoms with E-state index in [4.69, 9.17) is 13.9 Å². The van der Waals surface area contributed by atoms with E-state index >= 15 is 0 Å². The van der Waals surface area contributed by atoms with Crippen LogP contribution >= 0.6 is 0 Å². The first-order valence-electron chi connectivity index (χ1n) is 5.08. The van der Waals surface area contributed by atoms with Gasteiger partial charge in [-0.1, -0.05) is 0 Å². The third kappa shape index (κ3) is 2.94. The van der Waals surface area contributed by atoms with E-state index in [1.807, 2.05) is 6.92 Å². The smallest absolute Gasteiger partial charge is 0.338 e. The van der Waals surface area contributed by atoms with Crippen LogP contribution in [0.3, 0.4) is 0 Å². The monoisotopic (exact) mass is 236 g/mol. The van der Waals surface area contributed by atoms with Crippen molar-refractivity contribution in [1.29, 1.82) is 0 Å². The number of hydrogen-bond acceptors (Lipinski definition) is 5. The highest BCUT2D eigenvalue weighted by Crippen LogP contribution is 2.08. The number of carboxylic acid groups (broad SMARTS) is 1. The molecule has 17 heavy (non-hydrogen) atoms. The van der Waals surface area contributed by atoms with Gasteiger partial charge in [0.05, 0.1) is 24.8 Å². The molecule has 2 N–H and O–H groups in total. The molecule has 0 aliphatic rings. The molecule has 0 fully saturated rings. The summed E-state index contributed by atoms with van der Waals surface area (Å²) in [5.41, 5.74) is 0.147. The van der Waals surface area contributed by atoms with Crippen LogP contribution in [-0.2, 0) is 13.1 Å². The van der Waals surface area contributed by atoms with Crippen molar-refractivity contribution >= 4 is 5.97 Å². The fourth-order valence-corrected chi connectivity index (χ4v) is 1.36. The molecule has 6 heteroatoms. The maximum Gasteiger partial charge on any atom is 0.338 e. The van der Waals surface area contributed by atoms with Crippen LogP contribution in [0.25, 0.3) is 0 Å². The Morgan fingerprint density at radius 1 is 1.53 bits per heavy atom. The number of furan rings is 1. The largest absolute Gasteiger partial charge is 0.478 e. The van der Waals surface area contributed by atoms with Gasteiger partial charge in [0.15, 0.2) is 0 Å². The number of hydrogen-bond donors (Lipinski definition) is 2. The Morgan fingerprint density at radius 3 is 2.94 bits per heavy atom. The van der Waals surface area contributed by atoms with E-state index in [1.54, 1.807) is 6.20 Å². The molecule has 0 aromatic carbocycles. The molecule has 6 nitrogen and oxygen atoms in total. The van der Waals surface area contributed by atoms with Gasteiger partial charge >= 0.3 is 5.97 Å². The topological polar surface area (TPSA) is 88.5 Å². The summed E-state index contributed by atoms with van der Waals surface area (Å²) in [5, 5.41) is 11.7. The lowest BCUT2D eigenvalue weighted by atomic mass is 10.3. The third-order valence-electron chi connectivity index (χ3n) is 2.15. The van der Waals surface area contributed by atoms with Crippen molar-refractivity contribution < 1.29 is 18.7 Å². The summed E-state index contributed by atoms with van der Waals surface area (Å²) in [6.07, 6.45) is 2.86. The second kappa shape index (κ2) is 4.84. The fraction of sp³-hybridized carbons (Fsp3) is 0.273. The Morgan fingerprint density at radius 2 is 2.35 bits per heavy atom. The van der Waals surface area contributed by atoms with Gasteiger partial charge in [0.1, 0.15) is 17.8 Å². The molecule has 0 spiro atoms. The van der Waals surface area contributed by atoms with Crippen molar-refractivity contribution in [3.63, 3.8) is 0 Å². The fourth-order valence-electron chi connectivity index (χ4n) is 1.36. The maximum atomic E-state index is 10.6. The maximum absolute atomic E-state index is 10.6. The quantitative estimate of drug-likeness (QED) is 0.819. The van der Waals surface area contributed by atoms with Crippen molar-refractivity contribution in [1.82, 2.24) is 10.3 Å². The van der Waals surface area contributed by atoms with Crippen molar-refractivity contribution in [2.75, 3.05) is 0 Å². The zero-order chi connectivity index (χ0) is 12.3. The Bertz CT molecular complexity index is 515. The molecule has 0 unspecified atom stereocenters. The van der Waals surface area contributed by atoms with Crippen LogP contribution in [0, 0.1) is 6.92 Å². The van der Waals surface area contributed by atoms with Crippen LogP contribution < -0.4 is 5.32 Å². The number of aromatic carboxylic acids is 1. The molecule has 0 saturated carbocycles. The number of carbonyl (C=O) groups is 1. The summed E-state index contributed by atoms with van der Waals surface area (Å²) in [4.78, 5) is 14.6. The summed E-state index contributed by atoms with van der Waals surface area (Å²) in [7, 11) is 0. The molecule has 0 aliphatic heterocycles. The lowest BCUT2D eigenvalue weighted by molar-refractivity contribution is 0.0696. The Hall–Kier alpha value is -2.08. The first-order valence-corrected chi connectivity index (χ1v) is 5.08. The summed E-state index contributed by atoms with van der Waals surface area (Å²) < 4.78 is 10.3. The standard InChI is InChI=1S/C11H12N2O4/c1-7-3-13-10(17-7)5-12-4-9-2-8(6-16-9)11(14)15/h2-3,6,12H,4-5H2,1H3,(H,14,15). The van der Waals surface area contributed by atoms with E-state index < -0.39 is 5.97 Å². The molecule has 0 saturated heterocycles. The SMILES string of the molecule is Cc1cnc(CNCc2cc(C(=O)O)co2)o1. The average molecular weight is 236 g/mol. The number of carboxylic acids is 1. The van der Waals surface area contributed by atoms with Gasteiger partial charge in [-0.15, -0.1) is 0 Å². The predicted octanol–water partition coefficient (Wildman–Crippen LogP) is 1.56. The zero-order valence-corrected chi connectivity index (χ0v) is 9.27. The molecule has 2 aromatic heterocycles. The van der Waals surface area contributed by atoms with Crippen LogP contribution in [0.5, 0.6) is 0 Å². The lowest BCUT2D eigenvalue weighted by Gasteiger charge is -1.97. The van der Waals surface area contributed by atoms with E-state index in [-0.39, 0.29) is 5.56 Å². The minimum atomic E-state index is -0.997. The molecular weight excluding hydrogens is 224 g/mol. The van der Waals surface area contributed by atoms with Gasteiger partial charge in [0.2, 0.25) is 5.89 Å². The molecule has 0 radical (unpaired) electrons. The van der Waals surface area contributed by atoms with Gasteiger partial charge in [-0.25, -0.2) is 9.78 Å². The van der Waals surface area contributed by atoms with Crippen LogP contribution in [0.1, 0.15) is 27.8 Å². The van der Waals surface area contributed by atoms with Gasteiger partial charge < -0.3 is 19.3 Å². The highest BCUT2D eigenvalue weighted by Gasteiger charge is 2.08. The number of rotatable bonds is 5. The minimum Gasteiger partial charge on any atom is -0.478 e. The normalized spacial score (nSPS) is 10.6. The van der Waals surface area contributed by atoms with Crippen molar-refractivity contribution in [3.8, 4) is 0 Å². The first-order chi connectivity index (χ1) is 8.15. The Balaban J connectivity index is 1.83. The van der Waals surface area contributed by atoms with Gasteiger partial charge in [-0.05, 0) is 13.0 Å². The summed E-state index contributed by atoms with van der Waals surface area (Å²) in [6.45, 7) is 2.72. The third-order valence-corrected chi connectivity index (χ3v) is 2.15. The van der Waals surface area contributed by atoms with Crippen LogP contribution in [0.2, 0.25) is 0 Å². The highest BCUT2D eigenvalue weighted by molar-refractivity contribution is 5.87. The van der Waals surface area contributed by atoms with E-state index in [0.717, 1.165) is 5.76 Å². The van der Waals surface area contributed by atoms with E-state index in [0.29, 0.717) is 24.7 Å². The Kier molecular flexibility index (Phi) is 3.24. The van der Waals surface area contributed by atoms with Crippen molar-refractivity contribution in [3.05, 3.63) is 41.5 Å². The molecule has 90 valence electrons. The number of aromatic nitrogens is 1. The minimum absolute atomic E-state index is 0.147. The second-order valence-corrected chi connectivity index (χ2v) is 3.58. The van der Waals surface area contributed by atoms with Crippen LogP contribution in [-0.4, -0.2) is 16.1 Å². The highest BCUT2D eigenvalue weighted by atomic mass is 16.4. The lowest BCUT2D eigenvalue weighted by Crippen LogP contribution is -2.12. The number of nitrogens with zero attached hydrogens (tertiary/aromatic N) is 1. The molecule has 0 bridgehead atoms. The van der Waals surface area contributed by atoms with Gasteiger partial charge in [-0.2, -0.15) is 0 Å². The zero-order valence-electron chi connectivity index (χ0n) is 9.27. The van der Waals surface area contributed by atoms with Gasteiger partial charge in [-0.3, -0.25) is 0 Å². The number of nitrogens with one attached hydrogen (secondary N) is 1. The van der Waals surface area contributed by atoms with Crippen LogP contribution in [0.4, 0.5) is 0 Å². The summed E-state index contributed by atoms with van der Waals surface area (Å²) in [6, 6.07) is 1.48. The van der Waals surface area contributed by atoms with E-state index in [9.17, 15) is 4.79 Å². The predicted molar refractivity (Wildman–Crippen MR) is 57.5 cm³/mol. The number of aryl methyl sites for hydroxylation is 1. The van der Waals surface area contributed by atoms with Crippen molar-refractivity contribution in [2.24, 2.45) is 0 Å². The molecule has 2 aromatic rings. The molecule has 0 amide bonds. The molecule has 2 heterocycles. The van der Waals surface area contributed by atoms with E-state index in [1.165, 1.54) is 12.3 Å². The second-order valence-electron chi connectivity index (χ2n) is 3.58. The van der Waals surface area contributed by atoms with Crippen LogP contribution in [0.15, 0.2) is 27.4 Å². The molecule has 0 atom stereocenters. The Labute approximate surface area is 97.3 Å². The first kappa shape index (κ1) is 11.4.